The summed E-state index contributed by atoms with van der Waals surface area (Å²) in [5, 5.41) is 3.72. The second-order valence-corrected chi connectivity index (χ2v) is 3.17. The van der Waals surface area contributed by atoms with Crippen molar-refractivity contribution in [2.75, 3.05) is 0 Å². The Bertz CT molecular complexity index is 230. The number of carbonyl (C=O) groups excluding carboxylic acids is 1. The third-order valence-corrected chi connectivity index (χ3v) is 2.27. The van der Waals surface area contributed by atoms with Crippen molar-refractivity contribution >= 4 is 17.1 Å². The molecule has 0 saturated carbocycles. The normalized spacial score (nSPS) is 12.9. The fourth-order valence-electron chi connectivity index (χ4n) is 0.804. The van der Waals surface area contributed by atoms with Crippen molar-refractivity contribution in [3.05, 3.63) is 22.4 Å². The Kier molecular flexibility index (Phi) is 2.79. The molecule has 1 heterocycles. The predicted octanol–water partition coefficient (Wildman–Crippen LogP) is 1.67. The quantitative estimate of drug-likeness (QED) is 0.699. The zero-order valence-corrected chi connectivity index (χ0v) is 7.23. The molecule has 0 bridgehead atoms. The van der Waals surface area contributed by atoms with Gasteiger partial charge in [-0.1, -0.05) is 6.92 Å². The molecular weight excluding hydrogens is 158 g/mol. The summed E-state index contributed by atoms with van der Waals surface area (Å²) < 4.78 is 0. The Morgan fingerprint density at radius 3 is 3.00 bits per heavy atom. The topological polar surface area (TPSA) is 43.1 Å². The van der Waals surface area contributed by atoms with E-state index in [4.69, 9.17) is 5.73 Å². The fraction of sp³-hybridized carbons (Fsp3) is 0.375. The Morgan fingerprint density at radius 1 is 1.82 bits per heavy atom. The molecule has 0 aliphatic rings. The number of ketones is 1. The summed E-state index contributed by atoms with van der Waals surface area (Å²) in [6.45, 7) is 1.91. The largest absolute Gasteiger partial charge is 0.321 e. The number of carbonyl (C=O) groups is 1. The Hall–Kier alpha value is -0.670. The third-order valence-electron chi connectivity index (χ3n) is 1.58. The van der Waals surface area contributed by atoms with Crippen LogP contribution in [0.4, 0.5) is 0 Å². The number of thiophene rings is 1. The number of rotatable bonds is 3. The van der Waals surface area contributed by atoms with Crippen LogP contribution in [0.3, 0.4) is 0 Å². The summed E-state index contributed by atoms with van der Waals surface area (Å²) in [5.74, 6) is 0.0498. The molecule has 0 aliphatic heterocycles. The molecule has 0 aliphatic carbocycles. The van der Waals surface area contributed by atoms with Crippen molar-refractivity contribution in [2.24, 2.45) is 5.73 Å². The van der Waals surface area contributed by atoms with Crippen LogP contribution in [0.2, 0.25) is 0 Å². The Labute approximate surface area is 70.0 Å². The second-order valence-electron chi connectivity index (χ2n) is 2.39. The maximum absolute atomic E-state index is 11.3. The van der Waals surface area contributed by atoms with Crippen molar-refractivity contribution in [3.8, 4) is 0 Å². The van der Waals surface area contributed by atoms with Crippen molar-refractivity contribution in [1.29, 1.82) is 0 Å². The van der Waals surface area contributed by atoms with Crippen LogP contribution < -0.4 is 5.73 Å². The highest BCUT2D eigenvalue weighted by Gasteiger charge is 2.12. The van der Waals surface area contributed by atoms with Crippen molar-refractivity contribution in [1.82, 2.24) is 0 Å². The summed E-state index contributed by atoms with van der Waals surface area (Å²) in [7, 11) is 0. The molecule has 0 fully saturated rings. The van der Waals surface area contributed by atoms with Crippen LogP contribution in [0, 0.1) is 0 Å². The highest BCUT2D eigenvalue weighted by Crippen LogP contribution is 2.08. The first kappa shape index (κ1) is 8.43. The molecule has 2 N–H and O–H groups in total. The van der Waals surface area contributed by atoms with E-state index in [-0.39, 0.29) is 11.8 Å². The van der Waals surface area contributed by atoms with Crippen LogP contribution in [0.1, 0.15) is 23.7 Å². The van der Waals surface area contributed by atoms with E-state index in [1.54, 1.807) is 0 Å². The molecule has 0 saturated heterocycles. The first-order chi connectivity index (χ1) is 5.25. The summed E-state index contributed by atoms with van der Waals surface area (Å²) in [6.07, 6.45) is 0.703. The smallest absolute Gasteiger partial charge is 0.180 e. The van der Waals surface area contributed by atoms with E-state index < -0.39 is 0 Å². The van der Waals surface area contributed by atoms with Crippen LogP contribution in [-0.2, 0) is 0 Å². The van der Waals surface area contributed by atoms with Crippen LogP contribution in [0.15, 0.2) is 16.8 Å². The maximum atomic E-state index is 11.3. The lowest BCUT2D eigenvalue weighted by molar-refractivity contribution is 0.0960. The van der Waals surface area contributed by atoms with E-state index in [2.05, 4.69) is 0 Å². The Balaban J connectivity index is 2.70. The van der Waals surface area contributed by atoms with Crippen molar-refractivity contribution in [2.45, 2.75) is 19.4 Å². The third kappa shape index (κ3) is 1.88. The lowest BCUT2D eigenvalue weighted by Crippen LogP contribution is -2.29. The van der Waals surface area contributed by atoms with Crippen LogP contribution in [-0.4, -0.2) is 11.8 Å². The lowest BCUT2D eigenvalue weighted by Gasteiger charge is -2.04. The number of hydrogen-bond acceptors (Lipinski definition) is 3. The van der Waals surface area contributed by atoms with Gasteiger partial charge < -0.3 is 5.73 Å². The zero-order valence-electron chi connectivity index (χ0n) is 6.41. The monoisotopic (exact) mass is 169 g/mol. The SMILES string of the molecule is CC[C@H](N)C(=O)c1ccsc1. The highest BCUT2D eigenvalue weighted by atomic mass is 32.1. The van der Waals surface area contributed by atoms with E-state index >= 15 is 0 Å². The summed E-state index contributed by atoms with van der Waals surface area (Å²) in [6, 6.07) is 1.48. The average Bonchev–Trinajstić information content (AvgIpc) is 2.53. The minimum atomic E-state index is -0.329. The zero-order chi connectivity index (χ0) is 8.27. The summed E-state index contributed by atoms with van der Waals surface area (Å²) in [5.41, 5.74) is 6.30. The second kappa shape index (κ2) is 3.64. The molecule has 0 amide bonds. The predicted molar refractivity (Wildman–Crippen MR) is 46.9 cm³/mol. The van der Waals surface area contributed by atoms with Crippen LogP contribution in [0.5, 0.6) is 0 Å². The Morgan fingerprint density at radius 2 is 2.55 bits per heavy atom. The summed E-state index contributed by atoms with van der Waals surface area (Å²) >= 11 is 1.52. The molecule has 0 radical (unpaired) electrons. The summed E-state index contributed by atoms with van der Waals surface area (Å²) in [4.78, 5) is 11.3. The first-order valence-electron chi connectivity index (χ1n) is 3.57. The van der Waals surface area contributed by atoms with Gasteiger partial charge in [-0.2, -0.15) is 11.3 Å². The molecule has 1 aromatic heterocycles. The van der Waals surface area contributed by atoms with Gasteiger partial charge in [0.25, 0.3) is 0 Å². The number of hydrogen-bond donors (Lipinski definition) is 1. The standard InChI is InChI=1S/C8H11NOS/c1-2-7(9)8(10)6-3-4-11-5-6/h3-5,7H,2,9H2,1H3/t7-/m0/s1. The molecule has 1 aromatic rings. The van der Waals surface area contributed by atoms with Gasteiger partial charge in [-0.25, -0.2) is 0 Å². The van der Waals surface area contributed by atoms with Crippen molar-refractivity contribution < 1.29 is 4.79 Å². The fourth-order valence-corrected chi connectivity index (χ4v) is 1.45. The molecule has 60 valence electrons. The van der Waals surface area contributed by atoms with Gasteiger partial charge in [0, 0.05) is 10.9 Å². The van der Waals surface area contributed by atoms with Gasteiger partial charge in [-0.05, 0) is 17.9 Å². The van der Waals surface area contributed by atoms with Gasteiger partial charge in [0.2, 0.25) is 0 Å². The highest BCUT2D eigenvalue weighted by molar-refractivity contribution is 7.08. The molecule has 3 heteroatoms. The van der Waals surface area contributed by atoms with Gasteiger partial charge in [0.15, 0.2) is 5.78 Å². The van der Waals surface area contributed by atoms with E-state index in [9.17, 15) is 4.79 Å². The van der Waals surface area contributed by atoms with E-state index in [0.29, 0.717) is 6.42 Å². The maximum Gasteiger partial charge on any atom is 0.180 e. The van der Waals surface area contributed by atoms with Gasteiger partial charge in [-0.3, -0.25) is 4.79 Å². The molecule has 1 atom stereocenters. The first-order valence-corrected chi connectivity index (χ1v) is 4.52. The number of Topliss-reactive ketones (excluding diaryl/α,β-unsaturated/α-hetero) is 1. The minimum Gasteiger partial charge on any atom is -0.321 e. The van der Waals surface area contributed by atoms with E-state index in [0.717, 1.165) is 5.56 Å². The van der Waals surface area contributed by atoms with Gasteiger partial charge in [0.1, 0.15) is 0 Å². The van der Waals surface area contributed by atoms with Crippen LogP contribution >= 0.6 is 11.3 Å². The van der Waals surface area contributed by atoms with E-state index in [1.807, 2.05) is 23.8 Å². The molecule has 2 nitrogen and oxygen atoms in total. The molecule has 0 spiro atoms. The molecule has 11 heavy (non-hydrogen) atoms. The lowest BCUT2D eigenvalue weighted by atomic mass is 10.1. The van der Waals surface area contributed by atoms with Gasteiger partial charge >= 0.3 is 0 Å². The average molecular weight is 169 g/mol. The van der Waals surface area contributed by atoms with Crippen molar-refractivity contribution in [3.63, 3.8) is 0 Å². The molecule has 0 aromatic carbocycles. The molecule has 0 unspecified atom stereocenters. The van der Waals surface area contributed by atoms with Crippen LogP contribution in [0.25, 0.3) is 0 Å². The molecular formula is C8H11NOS. The number of nitrogens with two attached hydrogens (primary N) is 1. The van der Waals surface area contributed by atoms with E-state index in [1.165, 1.54) is 11.3 Å². The molecule has 1 rings (SSSR count). The van der Waals surface area contributed by atoms with Gasteiger partial charge in [-0.15, -0.1) is 0 Å². The minimum absolute atomic E-state index is 0.0498. The van der Waals surface area contributed by atoms with Gasteiger partial charge in [0.05, 0.1) is 6.04 Å².